The van der Waals surface area contributed by atoms with Crippen LogP contribution in [0.5, 0.6) is 0 Å². The average Bonchev–Trinajstić information content (AvgIpc) is 2.18. The van der Waals surface area contributed by atoms with Gasteiger partial charge in [0, 0.05) is 12.5 Å². The largest absolute Gasteiger partial charge is 0.392 e. The molecule has 0 saturated heterocycles. The lowest BCUT2D eigenvalue weighted by Crippen LogP contribution is -2.23. The van der Waals surface area contributed by atoms with Crippen LogP contribution in [0.4, 0.5) is 0 Å². The van der Waals surface area contributed by atoms with Gasteiger partial charge in [-0.3, -0.25) is 0 Å². The van der Waals surface area contributed by atoms with E-state index in [-0.39, 0.29) is 12.0 Å². The number of aliphatic hydroxyl groups is 1. The zero-order chi connectivity index (χ0) is 10.6. The molecule has 0 aliphatic rings. The second-order valence-electron chi connectivity index (χ2n) is 4.18. The van der Waals surface area contributed by atoms with Gasteiger partial charge in [-0.25, -0.2) is 0 Å². The van der Waals surface area contributed by atoms with Crippen molar-refractivity contribution in [2.24, 2.45) is 0 Å². The summed E-state index contributed by atoms with van der Waals surface area (Å²) in [7, 11) is 1.71. The normalized spacial score (nSPS) is 11.7. The van der Waals surface area contributed by atoms with E-state index in [1.165, 1.54) is 5.56 Å². The molecule has 0 aliphatic carbocycles. The minimum Gasteiger partial charge on any atom is -0.392 e. The predicted molar refractivity (Wildman–Crippen MR) is 57.3 cm³/mol. The van der Waals surface area contributed by atoms with Crippen molar-refractivity contribution in [3.05, 3.63) is 35.4 Å². The van der Waals surface area contributed by atoms with E-state index in [0.29, 0.717) is 6.61 Å². The van der Waals surface area contributed by atoms with Gasteiger partial charge in [-0.2, -0.15) is 0 Å². The SMILES string of the molecule is COCC(C)(C)c1cccc(CO)c1. The van der Waals surface area contributed by atoms with Gasteiger partial charge < -0.3 is 9.84 Å². The molecule has 0 fully saturated rings. The van der Waals surface area contributed by atoms with Crippen molar-refractivity contribution in [1.29, 1.82) is 0 Å². The van der Waals surface area contributed by atoms with Crippen LogP contribution in [0.15, 0.2) is 24.3 Å². The molecule has 2 heteroatoms. The number of benzene rings is 1. The molecule has 0 spiro atoms. The maximum atomic E-state index is 9.03. The Balaban J connectivity index is 2.93. The van der Waals surface area contributed by atoms with Crippen molar-refractivity contribution in [2.45, 2.75) is 25.9 Å². The van der Waals surface area contributed by atoms with E-state index in [9.17, 15) is 0 Å². The summed E-state index contributed by atoms with van der Waals surface area (Å²) < 4.78 is 5.17. The Hall–Kier alpha value is -0.860. The summed E-state index contributed by atoms with van der Waals surface area (Å²) in [4.78, 5) is 0. The van der Waals surface area contributed by atoms with Crippen LogP contribution in [-0.2, 0) is 16.8 Å². The highest BCUT2D eigenvalue weighted by Crippen LogP contribution is 2.24. The first-order chi connectivity index (χ1) is 6.60. The van der Waals surface area contributed by atoms with Gasteiger partial charge in [0.1, 0.15) is 0 Å². The number of hydrogen-bond donors (Lipinski definition) is 1. The first-order valence-electron chi connectivity index (χ1n) is 4.79. The third kappa shape index (κ3) is 2.56. The van der Waals surface area contributed by atoms with Gasteiger partial charge in [0.25, 0.3) is 0 Å². The highest BCUT2D eigenvalue weighted by molar-refractivity contribution is 5.28. The molecule has 2 nitrogen and oxygen atoms in total. The monoisotopic (exact) mass is 194 g/mol. The summed E-state index contributed by atoms with van der Waals surface area (Å²) >= 11 is 0. The molecule has 1 aromatic carbocycles. The second kappa shape index (κ2) is 4.58. The van der Waals surface area contributed by atoms with Gasteiger partial charge >= 0.3 is 0 Å². The molecular formula is C12H18O2. The Kier molecular flexibility index (Phi) is 3.67. The van der Waals surface area contributed by atoms with Gasteiger partial charge in [0.2, 0.25) is 0 Å². The Bertz CT molecular complexity index is 292. The Morgan fingerprint density at radius 3 is 2.64 bits per heavy atom. The number of aliphatic hydroxyl groups excluding tert-OH is 1. The zero-order valence-electron chi connectivity index (χ0n) is 9.08. The van der Waals surface area contributed by atoms with E-state index < -0.39 is 0 Å². The molecule has 0 heterocycles. The fraction of sp³-hybridized carbons (Fsp3) is 0.500. The highest BCUT2D eigenvalue weighted by atomic mass is 16.5. The van der Waals surface area contributed by atoms with Crippen LogP contribution in [-0.4, -0.2) is 18.8 Å². The van der Waals surface area contributed by atoms with Crippen LogP contribution >= 0.6 is 0 Å². The summed E-state index contributed by atoms with van der Waals surface area (Å²) in [6.45, 7) is 5.04. The van der Waals surface area contributed by atoms with E-state index in [2.05, 4.69) is 19.9 Å². The third-order valence-corrected chi connectivity index (χ3v) is 2.40. The van der Waals surface area contributed by atoms with Gasteiger partial charge in [0.15, 0.2) is 0 Å². The summed E-state index contributed by atoms with van der Waals surface area (Å²) in [5.74, 6) is 0. The highest BCUT2D eigenvalue weighted by Gasteiger charge is 2.20. The Labute approximate surface area is 85.5 Å². The average molecular weight is 194 g/mol. The summed E-state index contributed by atoms with van der Waals surface area (Å²) in [5, 5.41) is 9.03. The van der Waals surface area contributed by atoms with Gasteiger partial charge in [0.05, 0.1) is 13.2 Å². The van der Waals surface area contributed by atoms with Crippen molar-refractivity contribution in [3.63, 3.8) is 0 Å². The van der Waals surface area contributed by atoms with E-state index in [4.69, 9.17) is 9.84 Å². The molecule has 0 saturated carbocycles. The molecule has 0 aromatic heterocycles. The van der Waals surface area contributed by atoms with E-state index in [0.717, 1.165) is 5.56 Å². The van der Waals surface area contributed by atoms with Crippen molar-refractivity contribution in [1.82, 2.24) is 0 Å². The van der Waals surface area contributed by atoms with Crippen LogP contribution in [0.2, 0.25) is 0 Å². The van der Waals surface area contributed by atoms with Crippen LogP contribution in [0, 0.1) is 0 Å². The van der Waals surface area contributed by atoms with Crippen LogP contribution in [0.1, 0.15) is 25.0 Å². The fourth-order valence-electron chi connectivity index (χ4n) is 1.53. The summed E-state index contributed by atoms with van der Waals surface area (Å²) in [6, 6.07) is 7.99. The Morgan fingerprint density at radius 1 is 1.36 bits per heavy atom. The summed E-state index contributed by atoms with van der Waals surface area (Å²) in [6.07, 6.45) is 0. The molecule has 0 bridgehead atoms. The van der Waals surface area contributed by atoms with E-state index in [1.54, 1.807) is 7.11 Å². The lowest BCUT2D eigenvalue weighted by Gasteiger charge is -2.24. The van der Waals surface area contributed by atoms with Crippen LogP contribution < -0.4 is 0 Å². The second-order valence-corrected chi connectivity index (χ2v) is 4.18. The van der Waals surface area contributed by atoms with E-state index >= 15 is 0 Å². The smallest absolute Gasteiger partial charge is 0.0681 e. The molecule has 1 aromatic rings. The first-order valence-corrected chi connectivity index (χ1v) is 4.79. The lowest BCUT2D eigenvalue weighted by molar-refractivity contribution is 0.146. The molecule has 0 atom stereocenters. The molecule has 1 rings (SSSR count). The molecule has 14 heavy (non-hydrogen) atoms. The van der Waals surface area contributed by atoms with Crippen molar-refractivity contribution >= 4 is 0 Å². The minimum atomic E-state index is -0.0000694. The quantitative estimate of drug-likeness (QED) is 0.795. The third-order valence-electron chi connectivity index (χ3n) is 2.40. The zero-order valence-corrected chi connectivity index (χ0v) is 9.08. The topological polar surface area (TPSA) is 29.5 Å². The first kappa shape index (κ1) is 11.2. The van der Waals surface area contributed by atoms with Crippen LogP contribution in [0.3, 0.4) is 0 Å². The summed E-state index contributed by atoms with van der Waals surface area (Å²) in [5.41, 5.74) is 2.15. The molecule has 0 aliphatic heterocycles. The predicted octanol–water partition coefficient (Wildman–Crippen LogP) is 2.10. The van der Waals surface area contributed by atoms with Gasteiger partial charge in [-0.05, 0) is 11.1 Å². The maximum Gasteiger partial charge on any atom is 0.0681 e. The number of ether oxygens (including phenoxy) is 1. The molecule has 1 N–H and O–H groups in total. The van der Waals surface area contributed by atoms with Crippen molar-refractivity contribution < 1.29 is 9.84 Å². The molecular weight excluding hydrogens is 176 g/mol. The molecule has 78 valence electrons. The number of hydrogen-bond acceptors (Lipinski definition) is 2. The Morgan fingerprint density at radius 2 is 2.07 bits per heavy atom. The fourth-order valence-corrected chi connectivity index (χ4v) is 1.53. The number of rotatable bonds is 4. The van der Waals surface area contributed by atoms with Crippen LogP contribution in [0.25, 0.3) is 0 Å². The maximum absolute atomic E-state index is 9.03. The standard InChI is InChI=1S/C12H18O2/c1-12(2,9-14-3)11-6-4-5-10(7-11)8-13/h4-7,13H,8-9H2,1-3H3. The van der Waals surface area contributed by atoms with Gasteiger partial charge in [-0.1, -0.05) is 38.1 Å². The molecule has 0 amide bonds. The molecule has 0 unspecified atom stereocenters. The minimum absolute atomic E-state index is 0.0000694. The van der Waals surface area contributed by atoms with Crippen molar-refractivity contribution in [2.75, 3.05) is 13.7 Å². The van der Waals surface area contributed by atoms with Gasteiger partial charge in [-0.15, -0.1) is 0 Å². The number of methoxy groups -OCH3 is 1. The van der Waals surface area contributed by atoms with E-state index in [1.807, 2.05) is 18.2 Å². The molecule has 0 radical (unpaired) electrons. The lowest BCUT2D eigenvalue weighted by atomic mass is 9.85. The van der Waals surface area contributed by atoms with Crippen molar-refractivity contribution in [3.8, 4) is 0 Å².